The van der Waals surface area contributed by atoms with E-state index in [-0.39, 0.29) is 11.8 Å². The Morgan fingerprint density at radius 1 is 1.45 bits per heavy atom. The highest BCUT2D eigenvalue weighted by molar-refractivity contribution is 5.79. The van der Waals surface area contributed by atoms with Crippen molar-refractivity contribution in [3.05, 3.63) is 23.8 Å². The quantitative estimate of drug-likeness (QED) is 0.903. The molecule has 0 radical (unpaired) electrons. The first-order valence-corrected chi connectivity index (χ1v) is 7.95. The lowest BCUT2D eigenvalue weighted by Gasteiger charge is -2.25. The lowest BCUT2D eigenvalue weighted by molar-refractivity contribution is -0.126. The van der Waals surface area contributed by atoms with Crippen LogP contribution in [0.4, 0.5) is 0 Å². The van der Waals surface area contributed by atoms with Crippen LogP contribution in [0.3, 0.4) is 0 Å². The van der Waals surface area contributed by atoms with Crippen molar-refractivity contribution in [1.82, 2.24) is 5.32 Å². The van der Waals surface area contributed by atoms with E-state index in [1.165, 1.54) is 0 Å². The molecule has 2 aliphatic heterocycles. The molecule has 0 bridgehead atoms. The molecule has 5 heteroatoms. The highest BCUT2D eigenvalue weighted by Gasteiger charge is 2.26. The number of ether oxygens (including phenoxy) is 3. The van der Waals surface area contributed by atoms with Crippen molar-refractivity contribution in [2.45, 2.75) is 31.8 Å². The number of amides is 1. The van der Waals surface area contributed by atoms with Gasteiger partial charge in [-0.1, -0.05) is 6.07 Å². The van der Waals surface area contributed by atoms with E-state index in [0.717, 1.165) is 42.9 Å². The van der Waals surface area contributed by atoms with E-state index in [1.54, 1.807) is 7.11 Å². The third-order valence-electron chi connectivity index (χ3n) is 4.34. The third kappa shape index (κ3) is 3.53. The van der Waals surface area contributed by atoms with Crippen LogP contribution in [0.5, 0.6) is 11.5 Å². The monoisotopic (exact) mass is 305 g/mol. The summed E-state index contributed by atoms with van der Waals surface area (Å²) in [5.41, 5.74) is 1.06. The van der Waals surface area contributed by atoms with Gasteiger partial charge in [-0.05, 0) is 37.3 Å². The number of carbonyl (C=O) groups is 1. The second-order valence-corrected chi connectivity index (χ2v) is 5.90. The van der Waals surface area contributed by atoms with E-state index in [4.69, 9.17) is 14.2 Å². The van der Waals surface area contributed by atoms with Crippen molar-refractivity contribution in [1.29, 1.82) is 0 Å². The largest absolute Gasteiger partial charge is 0.497 e. The molecule has 1 aromatic carbocycles. The van der Waals surface area contributed by atoms with Crippen LogP contribution < -0.4 is 14.8 Å². The molecule has 0 saturated carbocycles. The summed E-state index contributed by atoms with van der Waals surface area (Å²) >= 11 is 0. The van der Waals surface area contributed by atoms with Gasteiger partial charge in [-0.15, -0.1) is 0 Å². The summed E-state index contributed by atoms with van der Waals surface area (Å²) in [4.78, 5) is 12.2. The first kappa shape index (κ1) is 15.2. The fourth-order valence-corrected chi connectivity index (χ4v) is 3.02. The van der Waals surface area contributed by atoms with Crippen molar-refractivity contribution in [3.8, 4) is 11.5 Å². The number of hydrogen-bond acceptors (Lipinski definition) is 4. The molecule has 2 atom stereocenters. The molecule has 5 nitrogen and oxygen atoms in total. The van der Waals surface area contributed by atoms with Gasteiger partial charge in [-0.2, -0.15) is 0 Å². The van der Waals surface area contributed by atoms with E-state index in [1.807, 2.05) is 18.2 Å². The van der Waals surface area contributed by atoms with E-state index in [2.05, 4.69) is 5.32 Å². The normalized spacial score (nSPS) is 23.5. The second kappa shape index (κ2) is 7.01. The Morgan fingerprint density at radius 2 is 2.36 bits per heavy atom. The smallest absolute Gasteiger partial charge is 0.226 e. The maximum atomic E-state index is 12.2. The van der Waals surface area contributed by atoms with Crippen LogP contribution in [0.1, 0.15) is 24.8 Å². The van der Waals surface area contributed by atoms with E-state index >= 15 is 0 Å². The van der Waals surface area contributed by atoms with Gasteiger partial charge in [0.05, 0.1) is 19.1 Å². The van der Waals surface area contributed by atoms with Crippen molar-refractivity contribution >= 4 is 5.91 Å². The van der Waals surface area contributed by atoms with Gasteiger partial charge in [0.15, 0.2) is 0 Å². The number of rotatable bonds is 5. The molecule has 2 heterocycles. The van der Waals surface area contributed by atoms with Crippen LogP contribution in [-0.2, 0) is 16.0 Å². The molecule has 1 N–H and O–H groups in total. The molecular formula is C17H23NO4. The number of hydrogen-bond donors (Lipinski definition) is 1. The molecule has 3 rings (SSSR count). The Bertz CT molecular complexity index is 525. The molecule has 0 aromatic heterocycles. The predicted molar refractivity (Wildman–Crippen MR) is 82.3 cm³/mol. The molecule has 2 unspecified atom stereocenters. The number of benzene rings is 1. The Kier molecular flexibility index (Phi) is 4.83. The maximum Gasteiger partial charge on any atom is 0.226 e. The van der Waals surface area contributed by atoms with Crippen molar-refractivity contribution < 1.29 is 19.0 Å². The van der Waals surface area contributed by atoms with Crippen LogP contribution in [0, 0.1) is 5.92 Å². The summed E-state index contributed by atoms with van der Waals surface area (Å²) in [6.07, 6.45) is 4.17. The zero-order chi connectivity index (χ0) is 15.4. The van der Waals surface area contributed by atoms with Gasteiger partial charge in [-0.3, -0.25) is 4.79 Å². The molecule has 1 saturated heterocycles. The number of carbonyl (C=O) groups excluding carboxylic acids is 1. The molecule has 120 valence electrons. The third-order valence-corrected chi connectivity index (χ3v) is 4.34. The summed E-state index contributed by atoms with van der Waals surface area (Å²) in [5, 5.41) is 3.01. The van der Waals surface area contributed by atoms with Crippen molar-refractivity contribution in [3.63, 3.8) is 0 Å². The highest BCUT2D eigenvalue weighted by Crippen LogP contribution is 2.31. The summed E-state index contributed by atoms with van der Waals surface area (Å²) in [6.45, 7) is 1.96. The minimum absolute atomic E-state index is 0.0689. The van der Waals surface area contributed by atoms with Gasteiger partial charge in [0.2, 0.25) is 5.91 Å². The molecule has 1 fully saturated rings. The lowest BCUT2D eigenvalue weighted by atomic mass is 9.96. The molecule has 2 aliphatic rings. The number of fused-ring (bicyclic) bond motifs is 1. The first-order chi connectivity index (χ1) is 10.8. The minimum atomic E-state index is -0.120. The fourth-order valence-electron chi connectivity index (χ4n) is 3.02. The van der Waals surface area contributed by atoms with Gasteiger partial charge in [0.1, 0.15) is 18.1 Å². The van der Waals surface area contributed by atoms with Crippen LogP contribution in [0.2, 0.25) is 0 Å². The SMILES string of the molecule is COc1ccc2c(c1)OCC(C(=O)NCCC1CCCO1)C2. The Balaban J connectivity index is 1.49. The standard InChI is InChI=1S/C17H23NO4/c1-20-15-5-4-12-9-13(11-22-16(12)10-15)17(19)18-7-6-14-3-2-8-21-14/h4-5,10,13-14H,2-3,6-9,11H2,1H3,(H,18,19). The molecule has 0 aliphatic carbocycles. The minimum Gasteiger partial charge on any atom is -0.497 e. The summed E-state index contributed by atoms with van der Waals surface area (Å²) < 4.78 is 16.5. The maximum absolute atomic E-state index is 12.2. The van der Waals surface area contributed by atoms with Gasteiger partial charge in [-0.25, -0.2) is 0 Å². The van der Waals surface area contributed by atoms with Gasteiger partial charge in [0, 0.05) is 19.2 Å². The average molecular weight is 305 g/mol. The summed E-state index contributed by atoms with van der Waals surface area (Å²) in [5.74, 6) is 1.55. The zero-order valence-electron chi connectivity index (χ0n) is 13.0. The molecule has 1 aromatic rings. The van der Waals surface area contributed by atoms with Crippen LogP contribution in [0.25, 0.3) is 0 Å². The first-order valence-electron chi connectivity index (χ1n) is 7.95. The molecule has 22 heavy (non-hydrogen) atoms. The van der Waals surface area contributed by atoms with Crippen molar-refractivity contribution in [2.75, 3.05) is 26.9 Å². The predicted octanol–water partition coefficient (Wildman–Crippen LogP) is 1.93. The highest BCUT2D eigenvalue weighted by atomic mass is 16.5. The van der Waals surface area contributed by atoms with Crippen LogP contribution >= 0.6 is 0 Å². The second-order valence-electron chi connectivity index (χ2n) is 5.90. The Labute approximate surface area is 130 Å². The van der Waals surface area contributed by atoms with Crippen LogP contribution in [0.15, 0.2) is 18.2 Å². The summed E-state index contributed by atoms with van der Waals surface area (Å²) in [7, 11) is 1.63. The zero-order valence-corrected chi connectivity index (χ0v) is 13.0. The summed E-state index contributed by atoms with van der Waals surface area (Å²) in [6, 6.07) is 5.75. The van der Waals surface area contributed by atoms with Crippen molar-refractivity contribution in [2.24, 2.45) is 5.92 Å². The molecular weight excluding hydrogens is 282 g/mol. The Hall–Kier alpha value is -1.75. The van der Waals surface area contributed by atoms with E-state index in [0.29, 0.717) is 25.7 Å². The molecule has 0 spiro atoms. The topological polar surface area (TPSA) is 56.8 Å². The van der Waals surface area contributed by atoms with Gasteiger partial charge >= 0.3 is 0 Å². The number of nitrogens with one attached hydrogen (secondary N) is 1. The van der Waals surface area contributed by atoms with Gasteiger partial charge < -0.3 is 19.5 Å². The van der Waals surface area contributed by atoms with Gasteiger partial charge in [0.25, 0.3) is 0 Å². The average Bonchev–Trinajstić information content (AvgIpc) is 3.07. The van der Waals surface area contributed by atoms with Crippen LogP contribution in [-0.4, -0.2) is 38.9 Å². The Morgan fingerprint density at radius 3 is 3.14 bits per heavy atom. The lowest BCUT2D eigenvalue weighted by Crippen LogP contribution is -2.38. The van der Waals surface area contributed by atoms with E-state index in [9.17, 15) is 4.79 Å². The molecule has 1 amide bonds. The fraction of sp³-hybridized carbons (Fsp3) is 0.588. The number of methoxy groups -OCH3 is 1. The van der Waals surface area contributed by atoms with E-state index < -0.39 is 0 Å².